The van der Waals surface area contributed by atoms with Gasteiger partial charge in [0.05, 0.1) is 0 Å². The molecule has 0 spiro atoms. The predicted molar refractivity (Wildman–Crippen MR) is 37.3 cm³/mol. The second-order valence-corrected chi connectivity index (χ2v) is 1.73. The molecular formula is C6H6N2O2. The molecule has 0 aromatic heterocycles. The minimum atomic E-state index is -1.05. The van der Waals surface area contributed by atoms with Gasteiger partial charge in [0, 0.05) is 12.6 Å². The SMILES string of the molecule is O=C(O)C1=NN=CCC=C1. The van der Waals surface area contributed by atoms with Crippen molar-refractivity contribution in [1.29, 1.82) is 0 Å². The molecule has 0 fully saturated rings. The van der Waals surface area contributed by atoms with Crippen LogP contribution in [0.1, 0.15) is 6.42 Å². The molecule has 4 heteroatoms. The lowest BCUT2D eigenvalue weighted by Gasteiger charge is -1.85. The number of carbonyl (C=O) groups is 1. The highest BCUT2D eigenvalue weighted by atomic mass is 16.4. The van der Waals surface area contributed by atoms with Crippen molar-refractivity contribution in [2.75, 3.05) is 0 Å². The van der Waals surface area contributed by atoms with E-state index in [0.717, 1.165) is 0 Å². The number of nitrogens with zero attached hydrogens (tertiary/aromatic N) is 2. The van der Waals surface area contributed by atoms with Gasteiger partial charge in [-0.2, -0.15) is 5.10 Å². The number of rotatable bonds is 1. The minimum Gasteiger partial charge on any atom is -0.476 e. The van der Waals surface area contributed by atoms with Gasteiger partial charge in [-0.25, -0.2) is 4.79 Å². The number of aliphatic carboxylic acids is 1. The predicted octanol–water partition coefficient (Wildman–Crippen LogP) is 0.458. The lowest BCUT2D eigenvalue weighted by atomic mass is 10.3. The summed E-state index contributed by atoms with van der Waals surface area (Å²) in [7, 11) is 0. The van der Waals surface area contributed by atoms with Gasteiger partial charge >= 0.3 is 5.97 Å². The molecule has 0 radical (unpaired) electrons. The van der Waals surface area contributed by atoms with E-state index >= 15 is 0 Å². The summed E-state index contributed by atoms with van der Waals surface area (Å²) >= 11 is 0. The molecule has 1 aliphatic rings. The number of carboxylic acids is 1. The summed E-state index contributed by atoms with van der Waals surface area (Å²) in [5, 5.41) is 15.3. The second-order valence-electron chi connectivity index (χ2n) is 1.73. The van der Waals surface area contributed by atoms with Gasteiger partial charge in [-0.1, -0.05) is 6.08 Å². The summed E-state index contributed by atoms with van der Waals surface area (Å²) in [6.45, 7) is 0. The van der Waals surface area contributed by atoms with E-state index in [1.165, 1.54) is 6.08 Å². The summed E-state index contributed by atoms with van der Waals surface area (Å²) in [5.41, 5.74) is -0.0197. The van der Waals surface area contributed by atoms with E-state index in [2.05, 4.69) is 10.2 Å². The summed E-state index contributed by atoms with van der Waals surface area (Å²) in [4.78, 5) is 10.3. The molecule has 1 N–H and O–H groups in total. The highest BCUT2D eigenvalue weighted by Crippen LogP contribution is 1.91. The first kappa shape index (κ1) is 6.67. The molecular weight excluding hydrogens is 132 g/mol. The fourth-order valence-electron chi connectivity index (χ4n) is 0.538. The number of allylic oxidation sites excluding steroid dienone is 1. The topological polar surface area (TPSA) is 62.0 Å². The van der Waals surface area contributed by atoms with E-state index < -0.39 is 5.97 Å². The Hall–Kier alpha value is -1.45. The summed E-state index contributed by atoms with van der Waals surface area (Å²) in [6, 6.07) is 0. The quantitative estimate of drug-likeness (QED) is 0.572. The second kappa shape index (κ2) is 2.91. The lowest BCUT2D eigenvalue weighted by Crippen LogP contribution is -2.08. The molecule has 0 saturated heterocycles. The Labute approximate surface area is 57.6 Å². The smallest absolute Gasteiger partial charge is 0.356 e. The van der Waals surface area contributed by atoms with Crippen molar-refractivity contribution in [2.45, 2.75) is 6.42 Å². The van der Waals surface area contributed by atoms with Crippen LogP contribution in [-0.2, 0) is 4.79 Å². The van der Waals surface area contributed by atoms with Crippen molar-refractivity contribution in [2.24, 2.45) is 10.2 Å². The van der Waals surface area contributed by atoms with Crippen molar-refractivity contribution >= 4 is 17.9 Å². The minimum absolute atomic E-state index is 0.0197. The number of hydrogen-bond acceptors (Lipinski definition) is 3. The molecule has 0 saturated carbocycles. The number of carboxylic acid groups (broad SMARTS) is 1. The maximum atomic E-state index is 10.3. The summed E-state index contributed by atoms with van der Waals surface area (Å²) in [5.74, 6) is -1.05. The van der Waals surface area contributed by atoms with Crippen LogP contribution in [0, 0.1) is 0 Å². The first-order valence-corrected chi connectivity index (χ1v) is 2.80. The normalized spacial score (nSPS) is 16.2. The third kappa shape index (κ3) is 1.51. The van der Waals surface area contributed by atoms with E-state index in [4.69, 9.17) is 5.11 Å². The van der Waals surface area contributed by atoms with E-state index in [-0.39, 0.29) is 5.71 Å². The molecule has 0 unspecified atom stereocenters. The van der Waals surface area contributed by atoms with Gasteiger partial charge in [-0.3, -0.25) is 0 Å². The van der Waals surface area contributed by atoms with Crippen LogP contribution >= 0.6 is 0 Å². The standard InChI is InChI=1S/C6H6N2O2/c9-6(10)5-3-1-2-4-7-8-5/h1,3-4H,2H2,(H,9,10). The third-order valence-corrected chi connectivity index (χ3v) is 0.983. The van der Waals surface area contributed by atoms with Crippen LogP contribution in [0.3, 0.4) is 0 Å². The Morgan fingerprint density at radius 2 is 2.50 bits per heavy atom. The molecule has 0 aliphatic carbocycles. The van der Waals surface area contributed by atoms with E-state index in [9.17, 15) is 4.79 Å². The summed E-state index contributed by atoms with van der Waals surface area (Å²) < 4.78 is 0. The molecule has 52 valence electrons. The summed E-state index contributed by atoms with van der Waals surface area (Å²) in [6.07, 6.45) is 5.32. The van der Waals surface area contributed by atoms with Crippen LogP contribution in [0.15, 0.2) is 22.4 Å². The molecule has 0 amide bonds. The van der Waals surface area contributed by atoms with Gasteiger partial charge < -0.3 is 5.11 Å². The van der Waals surface area contributed by atoms with Crippen LogP contribution in [0.5, 0.6) is 0 Å². The van der Waals surface area contributed by atoms with Crippen LogP contribution in [0.25, 0.3) is 0 Å². The molecule has 10 heavy (non-hydrogen) atoms. The van der Waals surface area contributed by atoms with E-state index in [1.807, 2.05) is 0 Å². The molecule has 1 heterocycles. The van der Waals surface area contributed by atoms with Gasteiger partial charge in [0.25, 0.3) is 0 Å². The van der Waals surface area contributed by atoms with Crippen molar-refractivity contribution in [3.05, 3.63) is 12.2 Å². The zero-order valence-electron chi connectivity index (χ0n) is 5.19. The first-order chi connectivity index (χ1) is 4.80. The van der Waals surface area contributed by atoms with Crippen molar-refractivity contribution in [3.8, 4) is 0 Å². The molecule has 0 aromatic rings. The van der Waals surface area contributed by atoms with Crippen molar-refractivity contribution in [1.82, 2.24) is 0 Å². The Balaban J connectivity index is 2.83. The Morgan fingerprint density at radius 3 is 3.20 bits per heavy atom. The fraction of sp³-hybridized carbons (Fsp3) is 0.167. The maximum Gasteiger partial charge on any atom is 0.356 e. The van der Waals surface area contributed by atoms with Gasteiger partial charge in [0.15, 0.2) is 5.71 Å². The monoisotopic (exact) mass is 138 g/mol. The zero-order chi connectivity index (χ0) is 7.40. The number of hydrogen-bond donors (Lipinski definition) is 1. The average Bonchev–Trinajstić information content (AvgIpc) is 2.12. The maximum absolute atomic E-state index is 10.3. The first-order valence-electron chi connectivity index (χ1n) is 2.80. The third-order valence-electron chi connectivity index (χ3n) is 0.983. The van der Waals surface area contributed by atoms with Gasteiger partial charge in [-0.05, 0) is 6.08 Å². The van der Waals surface area contributed by atoms with Crippen LogP contribution in [0.4, 0.5) is 0 Å². The average molecular weight is 138 g/mol. The lowest BCUT2D eigenvalue weighted by molar-refractivity contribution is -0.129. The van der Waals surface area contributed by atoms with E-state index in [1.54, 1.807) is 12.3 Å². The van der Waals surface area contributed by atoms with Gasteiger partial charge in [0.1, 0.15) is 0 Å². The van der Waals surface area contributed by atoms with E-state index in [0.29, 0.717) is 6.42 Å². The largest absolute Gasteiger partial charge is 0.476 e. The fourth-order valence-corrected chi connectivity index (χ4v) is 0.538. The molecule has 4 nitrogen and oxygen atoms in total. The molecule has 1 rings (SSSR count). The van der Waals surface area contributed by atoms with Crippen molar-refractivity contribution in [3.63, 3.8) is 0 Å². The van der Waals surface area contributed by atoms with Crippen LogP contribution < -0.4 is 0 Å². The Morgan fingerprint density at radius 1 is 1.70 bits per heavy atom. The van der Waals surface area contributed by atoms with Crippen LogP contribution in [-0.4, -0.2) is 23.0 Å². The van der Waals surface area contributed by atoms with Crippen LogP contribution in [0.2, 0.25) is 0 Å². The van der Waals surface area contributed by atoms with Gasteiger partial charge in [-0.15, -0.1) is 5.10 Å². The molecule has 1 aliphatic heterocycles. The highest BCUT2D eigenvalue weighted by molar-refractivity contribution is 6.40. The Bertz CT molecular complexity index is 228. The zero-order valence-corrected chi connectivity index (χ0v) is 5.19. The molecule has 0 bridgehead atoms. The molecule has 0 aromatic carbocycles. The van der Waals surface area contributed by atoms with Gasteiger partial charge in [0.2, 0.25) is 0 Å². The van der Waals surface area contributed by atoms with Crippen molar-refractivity contribution < 1.29 is 9.90 Å². The highest BCUT2D eigenvalue weighted by Gasteiger charge is 2.04. The Kier molecular flexibility index (Phi) is 1.94. The molecule has 0 atom stereocenters.